The zero-order valence-electron chi connectivity index (χ0n) is 23.3. The van der Waals surface area contributed by atoms with Gasteiger partial charge in [-0.1, -0.05) is 62.1 Å². The van der Waals surface area contributed by atoms with Gasteiger partial charge in [-0.15, -0.1) is 16.8 Å². The van der Waals surface area contributed by atoms with Crippen LogP contribution in [-0.2, 0) is 4.84 Å². The molecule has 2 N–H and O–H groups in total. The first-order valence-corrected chi connectivity index (χ1v) is 15.5. The van der Waals surface area contributed by atoms with Gasteiger partial charge in [0.1, 0.15) is 0 Å². The number of fused-ring (bicyclic) bond motifs is 3. The number of thiophene rings is 1. The van der Waals surface area contributed by atoms with Gasteiger partial charge in [0, 0.05) is 41.8 Å². The minimum Gasteiger partial charge on any atom is -0.364 e. The molecule has 1 aromatic carbocycles. The molecular formula is C33H36N4O3S. The van der Waals surface area contributed by atoms with E-state index in [1.54, 1.807) is 24.5 Å². The highest BCUT2D eigenvalue weighted by atomic mass is 32.1. The van der Waals surface area contributed by atoms with Crippen molar-refractivity contribution in [1.29, 1.82) is 0 Å². The first-order chi connectivity index (χ1) is 20.1. The van der Waals surface area contributed by atoms with Gasteiger partial charge in [-0.3, -0.25) is 15.1 Å². The lowest BCUT2D eigenvalue weighted by Crippen LogP contribution is -2.37. The number of benzene rings is 1. The topological polar surface area (TPSA) is 83.6 Å². The molecule has 0 bridgehead atoms. The van der Waals surface area contributed by atoms with E-state index in [1.165, 1.54) is 42.6 Å². The molecule has 7 nitrogen and oxygen atoms in total. The number of nitrogens with zero attached hydrogens (tertiary/aromatic N) is 2. The van der Waals surface area contributed by atoms with E-state index in [4.69, 9.17) is 4.84 Å². The molecule has 8 heteroatoms. The van der Waals surface area contributed by atoms with E-state index in [9.17, 15) is 9.59 Å². The zero-order valence-corrected chi connectivity index (χ0v) is 24.1. The number of carbonyl (C=O) groups is 2. The van der Waals surface area contributed by atoms with Gasteiger partial charge in [-0.05, 0) is 66.5 Å². The maximum Gasteiger partial charge on any atom is 0.430 e. The van der Waals surface area contributed by atoms with Gasteiger partial charge < -0.3 is 9.74 Å². The largest absolute Gasteiger partial charge is 0.430 e. The summed E-state index contributed by atoms with van der Waals surface area (Å²) >= 11 is 1.48. The Morgan fingerprint density at radius 3 is 2.73 bits per heavy atom. The maximum atomic E-state index is 13.1. The van der Waals surface area contributed by atoms with Gasteiger partial charge in [0.05, 0.1) is 17.0 Å². The van der Waals surface area contributed by atoms with Crippen LogP contribution >= 0.6 is 11.3 Å². The predicted octanol–water partition coefficient (Wildman–Crippen LogP) is 7.25. The molecule has 3 unspecified atom stereocenters. The molecule has 0 spiro atoms. The smallest absolute Gasteiger partial charge is 0.364 e. The summed E-state index contributed by atoms with van der Waals surface area (Å²) in [6.45, 7) is 3.01. The van der Waals surface area contributed by atoms with Crippen LogP contribution in [0.3, 0.4) is 0 Å². The molecule has 3 atom stereocenters. The minimum absolute atomic E-state index is 0.0684. The van der Waals surface area contributed by atoms with Crippen LogP contribution in [0, 0.1) is 5.92 Å². The van der Waals surface area contributed by atoms with Crippen LogP contribution in [0.15, 0.2) is 84.0 Å². The number of pyridine rings is 1. The number of nitrogens with one attached hydrogen (secondary N) is 2. The fourth-order valence-corrected chi connectivity index (χ4v) is 7.19. The van der Waals surface area contributed by atoms with Crippen molar-refractivity contribution in [2.24, 2.45) is 5.92 Å². The van der Waals surface area contributed by atoms with Crippen molar-refractivity contribution < 1.29 is 14.4 Å². The molecule has 41 heavy (non-hydrogen) atoms. The fourth-order valence-electron chi connectivity index (χ4n) is 6.50. The molecular weight excluding hydrogens is 532 g/mol. The van der Waals surface area contributed by atoms with Crippen molar-refractivity contribution in [3.05, 3.63) is 100 Å². The molecule has 1 aliphatic heterocycles. The molecule has 1 saturated carbocycles. The van der Waals surface area contributed by atoms with Gasteiger partial charge in [0.2, 0.25) is 5.78 Å². The number of ketones is 1. The maximum absolute atomic E-state index is 13.1. The standard InChI is InChI=1S/C33H36N4O3S/c1-2-37-29-14-11-23(20-27(29)26-12-10-24(21-30(26)37)32(38)31-8-5-19-41-31)28(13-9-22-6-3-4-7-22)36-40-33(39)35-25-15-17-34-18-16-25/h5,8,10-12,14-22,27-29,36H,2-4,6-7,9,13H2,1H3,(H,34,35,39). The van der Waals surface area contributed by atoms with Crippen molar-refractivity contribution >= 4 is 34.6 Å². The Hall–Kier alpha value is -3.75. The Morgan fingerprint density at radius 2 is 1.98 bits per heavy atom. The number of hydroxylamine groups is 1. The molecule has 1 amide bonds. The lowest BCUT2D eigenvalue weighted by atomic mass is 9.84. The van der Waals surface area contributed by atoms with Crippen LogP contribution in [0.1, 0.15) is 72.2 Å². The van der Waals surface area contributed by atoms with Crippen molar-refractivity contribution in [1.82, 2.24) is 10.5 Å². The van der Waals surface area contributed by atoms with Crippen molar-refractivity contribution in [3.8, 4) is 0 Å². The van der Waals surface area contributed by atoms with E-state index >= 15 is 0 Å². The second-order valence-electron chi connectivity index (χ2n) is 11.1. The number of carbonyl (C=O) groups excluding carboxylic acids is 2. The van der Waals surface area contributed by atoms with Crippen LogP contribution in [0.5, 0.6) is 0 Å². The van der Waals surface area contributed by atoms with E-state index < -0.39 is 6.09 Å². The lowest BCUT2D eigenvalue weighted by molar-refractivity contribution is 0.0846. The summed E-state index contributed by atoms with van der Waals surface area (Å²) in [5.74, 6) is 0.962. The summed E-state index contributed by atoms with van der Waals surface area (Å²) in [7, 11) is 0. The summed E-state index contributed by atoms with van der Waals surface area (Å²) in [6, 6.07) is 13.5. The van der Waals surface area contributed by atoms with E-state index in [-0.39, 0.29) is 23.8 Å². The Bertz CT molecular complexity index is 1430. The molecule has 1 fully saturated rings. The lowest BCUT2D eigenvalue weighted by Gasteiger charge is -2.30. The van der Waals surface area contributed by atoms with E-state index in [1.807, 2.05) is 23.6 Å². The number of anilines is 2. The summed E-state index contributed by atoms with van der Waals surface area (Å²) in [6.07, 6.45) is 16.6. The highest BCUT2D eigenvalue weighted by molar-refractivity contribution is 7.12. The summed E-state index contributed by atoms with van der Waals surface area (Å²) < 4.78 is 0. The van der Waals surface area contributed by atoms with Gasteiger partial charge in [-0.25, -0.2) is 4.79 Å². The Kier molecular flexibility index (Phi) is 8.30. The Balaban J connectivity index is 1.22. The second kappa shape index (κ2) is 12.4. The molecule has 0 radical (unpaired) electrons. The number of aromatic nitrogens is 1. The monoisotopic (exact) mass is 568 g/mol. The van der Waals surface area contributed by atoms with Crippen LogP contribution in [0.25, 0.3) is 0 Å². The molecule has 2 aliphatic carbocycles. The molecule has 6 rings (SSSR count). The average Bonchev–Trinajstić information content (AvgIpc) is 3.78. The van der Waals surface area contributed by atoms with Crippen molar-refractivity contribution in [3.63, 3.8) is 0 Å². The van der Waals surface area contributed by atoms with E-state index in [0.717, 1.165) is 47.0 Å². The predicted molar refractivity (Wildman–Crippen MR) is 163 cm³/mol. The molecule has 2 aromatic heterocycles. The van der Waals surface area contributed by atoms with Gasteiger partial charge in [0.15, 0.2) is 0 Å². The quantitative estimate of drug-likeness (QED) is 0.198. The van der Waals surface area contributed by atoms with Crippen LogP contribution < -0.4 is 15.7 Å². The SMILES string of the molecule is CCN1c2cc(C(=O)c3cccs3)ccc2C2C=C(C(CCC3CCCC3)NOC(=O)Nc3ccncc3)C=CC21. The third-order valence-corrected chi connectivity index (χ3v) is 9.46. The molecule has 0 saturated heterocycles. The van der Waals surface area contributed by atoms with Gasteiger partial charge in [0.25, 0.3) is 0 Å². The van der Waals surface area contributed by atoms with Crippen molar-refractivity contribution in [2.75, 3.05) is 16.8 Å². The van der Waals surface area contributed by atoms with Crippen LogP contribution in [0.4, 0.5) is 16.2 Å². The average molecular weight is 569 g/mol. The van der Waals surface area contributed by atoms with Gasteiger partial charge >= 0.3 is 6.09 Å². The summed E-state index contributed by atoms with van der Waals surface area (Å²) in [5, 5.41) is 4.69. The first kappa shape index (κ1) is 27.4. The highest BCUT2D eigenvalue weighted by Gasteiger charge is 2.38. The number of rotatable bonds is 10. The third kappa shape index (κ3) is 5.99. The van der Waals surface area contributed by atoms with Crippen molar-refractivity contribution in [2.45, 2.75) is 63.5 Å². The molecule has 212 valence electrons. The van der Waals surface area contributed by atoms with Gasteiger partial charge in [-0.2, -0.15) is 0 Å². The number of amides is 1. The first-order valence-electron chi connectivity index (χ1n) is 14.6. The van der Waals surface area contributed by atoms with Crippen LogP contribution in [0.2, 0.25) is 0 Å². The second-order valence-corrected chi connectivity index (χ2v) is 12.0. The molecule has 3 aromatic rings. The summed E-state index contributed by atoms with van der Waals surface area (Å²) in [4.78, 5) is 38.3. The van der Waals surface area contributed by atoms with E-state index in [0.29, 0.717) is 5.69 Å². The molecule has 3 aliphatic rings. The fraction of sp³-hybridized carbons (Fsp3) is 0.364. The Labute approximate surface area is 245 Å². The number of likely N-dealkylation sites (N-methyl/N-ethyl adjacent to an activating group) is 1. The number of hydrogen-bond donors (Lipinski definition) is 2. The third-order valence-electron chi connectivity index (χ3n) is 8.59. The van der Waals surface area contributed by atoms with Crippen LogP contribution in [-0.4, -0.2) is 35.5 Å². The summed E-state index contributed by atoms with van der Waals surface area (Å²) in [5.41, 5.74) is 7.93. The highest BCUT2D eigenvalue weighted by Crippen LogP contribution is 2.45. The molecule has 3 heterocycles. The zero-order chi connectivity index (χ0) is 28.2. The minimum atomic E-state index is -0.549. The normalized spacial score (nSPS) is 20.3. The Morgan fingerprint density at radius 1 is 1.15 bits per heavy atom. The number of hydrogen-bond acceptors (Lipinski definition) is 7. The van der Waals surface area contributed by atoms with E-state index in [2.05, 4.69) is 58.0 Å².